The quantitative estimate of drug-likeness (QED) is 0.670. The van der Waals surface area contributed by atoms with E-state index in [1.165, 1.54) is 6.08 Å². The molecule has 1 aromatic carbocycles. The van der Waals surface area contributed by atoms with Gasteiger partial charge in [0.1, 0.15) is 5.76 Å². The highest BCUT2D eigenvalue weighted by Crippen LogP contribution is 2.00. The number of amides is 1. The molecule has 2 aromatic rings. The lowest BCUT2D eigenvalue weighted by Crippen LogP contribution is -2.37. The Hall–Kier alpha value is -2.40. The molecular formula is C15H14N2O2S. The lowest BCUT2D eigenvalue weighted by molar-refractivity contribution is -0.115. The number of nitrogens with one attached hydrogen (secondary N) is 2. The molecule has 0 radical (unpaired) electrons. The molecule has 0 aliphatic heterocycles. The fourth-order valence-electron chi connectivity index (χ4n) is 1.51. The highest BCUT2D eigenvalue weighted by atomic mass is 32.1. The van der Waals surface area contributed by atoms with Crippen LogP contribution in [-0.2, 0) is 11.3 Å². The van der Waals surface area contributed by atoms with E-state index >= 15 is 0 Å². The maximum absolute atomic E-state index is 11.6. The van der Waals surface area contributed by atoms with Gasteiger partial charge < -0.3 is 9.73 Å². The second-order valence-electron chi connectivity index (χ2n) is 4.00. The van der Waals surface area contributed by atoms with Gasteiger partial charge in [-0.2, -0.15) is 0 Å². The Morgan fingerprint density at radius 2 is 2.00 bits per heavy atom. The summed E-state index contributed by atoms with van der Waals surface area (Å²) in [4.78, 5) is 11.6. The zero-order chi connectivity index (χ0) is 14.2. The monoisotopic (exact) mass is 286 g/mol. The van der Waals surface area contributed by atoms with Crippen LogP contribution in [0.15, 0.2) is 59.2 Å². The molecule has 0 spiro atoms. The van der Waals surface area contributed by atoms with Crippen molar-refractivity contribution in [3.63, 3.8) is 0 Å². The normalized spacial score (nSPS) is 10.4. The summed E-state index contributed by atoms with van der Waals surface area (Å²) in [6, 6.07) is 13.2. The predicted octanol–water partition coefficient (Wildman–Crippen LogP) is 2.48. The van der Waals surface area contributed by atoms with Gasteiger partial charge >= 0.3 is 0 Å². The van der Waals surface area contributed by atoms with Crippen LogP contribution in [0.4, 0.5) is 0 Å². The molecule has 0 bridgehead atoms. The van der Waals surface area contributed by atoms with Crippen molar-refractivity contribution < 1.29 is 9.21 Å². The Morgan fingerprint density at radius 3 is 2.70 bits per heavy atom. The first-order valence-corrected chi connectivity index (χ1v) is 6.49. The van der Waals surface area contributed by atoms with Crippen LogP contribution < -0.4 is 10.6 Å². The van der Waals surface area contributed by atoms with Crippen molar-refractivity contribution in [1.29, 1.82) is 0 Å². The van der Waals surface area contributed by atoms with Gasteiger partial charge in [0.15, 0.2) is 5.11 Å². The summed E-state index contributed by atoms with van der Waals surface area (Å²) in [5, 5.41) is 5.72. The molecule has 0 saturated heterocycles. The number of hydrogen-bond donors (Lipinski definition) is 2. The first kappa shape index (κ1) is 14.0. The van der Waals surface area contributed by atoms with E-state index in [-0.39, 0.29) is 11.0 Å². The maximum Gasteiger partial charge on any atom is 0.250 e. The summed E-state index contributed by atoms with van der Waals surface area (Å²) in [6.07, 6.45) is 4.75. The Labute approximate surface area is 122 Å². The third-order valence-electron chi connectivity index (χ3n) is 2.47. The molecule has 4 nitrogen and oxygen atoms in total. The molecule has 0 fully saturated rings. The number of carbonyl (C=O) groups excluding carboxylic acids is 1. The van der Waals surface area contributed by atoms with E-state index in [1.807, 2.05) is 36.4 Å². The average molecular weight is 286 g/mol. The maximum atomic E-state index is 11.6. The van der Waals surface area contributed by atoms with Crippen molar-refractivity contribution >= 4 is 29.3 Å². The minimum absolute atomic E-state index is 0.268. The van der Waals surface area contributed by atoms with E-state index in [0.717, 1.165) is 11.3 Å². The van der Waals surface area contributed by atoms with Crippen molar-refractivity contribution in [2.24, 2.45) is 0 Å². The Kier molecular flexibility index (Phi) is 5.08. The first-order valence-electron chi connectivity index (χ1n) is 6.08. The van der Waals surface area contributed by atoms with Crippen LogP contribution in [0.5, 0.6) is 0 Å². The number of carbonyl (C=O) groups is 1. The minimum Gasteiger partial charge on any atom is -0.467 e. The van der Waals surface area contributed by atoms with Gasteiger partial charge in [-0.25, -0.2) is 0 Å². The summed E-state index contributed by atoms with van der Waals surface area (Å²) < 4.78 is 5.15. The minimum atomic E-state index is -0.272. The third-order valence-corrected chi connectivity index (χ3v) is 2.71. The van der Waals surface area contributed by atoms with Crippen molar-refractivity contribution in [1.82, 2.24) is 10.6 Å². The smallest absolute Gasteiger partial charge is 0.250 e. The molecule has 1 heterocycles. The molecule has 5 heteroatoms. The van der Waals surface area contributed by atoms with Crippen LogP contribution in [0.2, 0.25) is 0 Å². The van der Waals surface area contributed by atoms with E-state index < -0.39 is 0 Å². The second kappa shape index (κ2) is 7.25. The van der Waals surface area contributed by atoms with Gasteiger partial charge in [-0.05, 0) is 36.0 Å². The molecule has 0 unspecified atom stereocenters. The molecule has 0 atom stereocenters. The van der Waals surface area contributed by atoms with Gasteiger partial charge in [0.2, 0.25) is 5.91 Å². The Bertz CT molecular complexity index is 592. The molecule has 1 aromatic heterocycles. The number of furan rings is 1. The summed E-state index contributed by atoms with van der Waals surface area (Å²) in [5.41, 5.74) is 0.956. The van der Waals surface area contributed by atoms with Crippen LogP contribution in [-0.4, -0.2) is 11.0 Å². The van der Waals surface area contributed by atoms with E-state index in [0.29, 0.717) is 6.54 Å². The molecule has 2 rings (SSSR count). The van der Waals surface area contributed by atoms with Crippen LogP contribution in [0, 0.1) is 0 Å². The van der Waals surface area contributed by atoms with Gasteiger partial charge in [0, 0.05) is 6.08 Å². The van der Waals surface area contributed by atoms with Gasteiger partial charge in [-0.15, -0.1) is 0 Å². The topological polar surface area (TPSA) is 54.3 Å². The van der Waals surface area contributed by atoms with Gasteiger partial charge in [0.25, 0.3) is 0 Å². The third kappa shape index (κ3) is 4.70. The average Bonchev–Trinajstić information content (AvgIpc) is 2.97. The number of thiocarbonyl (C=S) groups is 1. The van der Waals surface area contributed by atoms with Gasteiger partial charge in [-0.1, -0.05) is 30.3 Å². The number of hydrogen-bond acceptors (Lipinski definition) is 3. The molecule has 2 N–H and O–H groups in total. The molecule has 1 amide bonds. The van der Waals surface area contributed by atoms with Gasteiger partial charge in [-0.3, -0.25) is 10.1 Å². The molecule has 102 valence electrons. The molecule has 0 saturated carbocycles. The number of rotatable bonds is 4. The fraction of sp³-hybridized carbons (Fsp3) is 0.0667. The summed E-state index contributed by atoms with van der Waals surface area (Å²) >= 11 is 5.02. The van der Waals surface area contributed by atoms with Crippen LogP contribution in [0.1, 0.15) is 11.3 Å². The summed E-state index contributed by atoms with van der Waals surface area (Å²) in [6.45, 7) is 0.439. The van der Waals surface area contributed by atoms with E-state index in [4.69, 9.17) is 16.6 Å². The second-order valence-corrected chi connectivity index (χ2v) is 4.40. The molecule has 20 heavy (non-hydrogen) atoms. The standard InChI is InChI=1S/C15H14N2O2S/c18-14(9-8-12-5-2-1-3-6-12)17-15(20)16-11-13-7-4-10-19-13/h1-10H,11H2,(H2,16,17,18,20)/b9-8-. The highest BCUT2D eigenvalue weighted by Gasteiger charge is 2.01. The van der Waals surface area contributed by atoms with E-state index in [1.54, 1.807) is 18.4 Å². The zero-order valence-electron chi connectivity index (χ0n) is 10.7. The van der Waals surface area contributed by atoms with E-state index in [9.17, 15) is 4.79 Å². The van der Waals surface area contributed by atoms with Crippen molar-refractivity contribution in [3.8, 4) is 0 Å². The lowest BCUT2D eigenvalue weighted by atomic mass is 10.2. The highest BCUT2D eigenvalue weighted by molar-refractivity contribution is 7.80. The van der Waals surface area contributed by atoms with Crippen LogP contribution in [0.3, 0.4) is 0 Å². The number of benzene rings is 1. The first-order chi connectivity index (χ1) is 9.74. The van der Waals surface area contributed by atoms with E-state index in [2.05, 4.69) is 10.6 Å². The molecule has 0 aliphatic rings. The SMILES string of the molecule is O=C(/C=C\c1ccccc1)NC(=S)NCc1ccco1. The van der Waals surface area contributed by atoms with Gasteiger partial charge in [0.05, 0.1) is 12.8 Å². The van der Waals surface area contributed by atoms with Crippen molar-refractivity contribution in [2.45, 2.75) is 6.54 Å². The summed E-state index contributed by atoms with van der Waals surface area (Å²) in [5.74, 6) is 0.479. The van der Waals surface area contributed by atoms with Crippen LogP contribution in [0.25, 0.3) is 6.08 Å². The largest absolute Gasteiger partial charge is 0.467 e. The molecule has 0 aliphatic carbocycles. The molecular weight excluding hydrogens is 272 g/mol. The summed E-state index contributed by atoms with van der Waals surface area (Å²) in [7, 11) is 0. The van der Waals surface area contributed by atoms with Crippen molar-refractivity contribution in [3.05, 3.63) is 66.1 Å². The zero-order valence-corrected chi connectivity index (χ0v) is 11.5. The lowest BCUT2D eigenvalue weighted by Gasteiger charge is -2.06. The predicted molar refractivity (Wildman–Crippen MR) is 81.8 cm³/mol. The Morgan fingerprint density at radius 1 is 1.20 bits per heavy atom. The fourth-order valence-corrected chi connectivity index (χ4v) is 1.69. The van der Waals surface area contributed by atoms with Crippen LogP contribution >= 0.6 is 12.2 Å². The Balaban J connectivity index is 1.76. The van der Waals surface area contributed by atoms with Crippen molar-refractivity contribution in [2.75, 3.05) is 0 Å².